The van der Waals surface area contributed by atoms with Crippen molar-refractivity contribution >= 4 is 52.7 Å². The molecular formula is C9H7Cl4NO2. The van der Waals surface area contributed by atoms with Crippen LogP contribution in [0.2, 0.25) is 0 Å². The van der Waals surface area contributed by atoms with Crippen LogP contribution in [0.15, 0.2) is 30.3 Å². The molecule has 3 nitrogen and oxygen atoms in total. The molecule has 0 amide bonds. The normalized spacial score (nSPS) is 16.8. The van der Waals surface area contributed by atoms with Crippen LogP contribution >= 0.6 is 46.8 Å². The Balaban J connectivity index is 3.11. The van der Waals surface area contributed by atoms with E-state index in [0.717, 1.165) is 0 Å². The second kappa shape index (κ2) is 5.43. The van der Waals surface area contributed by atoms with E-state index in [1.54, 1.807) is 30.3 Å². The van der Waals surface area contributed by atoms with E-state index in [1.807, 2.05) is 0 Å². The lowest BCUT2D eigenvalue weighted by Gasteiger charge is -2.29. The quantitative estimate of drug-likeness (QED) is 0.525. The van der Waals surface area contributed by atoms with Gasteiger partial charge in [0.25, 0.3) is 0 Å². The van der Waals surface area contributed by atoms with E-state index >= 15 is 0 Å². The van der Waals surface area contributed by atoms with Crippen molar-refractivity contribution in [2.45, 2.75) is 10.4 Å². The van der Waals surface area contributed by atoms with Crippen molar-refractivity contribution in [3.63, 3.8) is 0 Å². The van der Waals surface area contributed by atoms with Gasteiger partial charge < -0.3 is 5.11 Å². The minimum atomic E-state index is -2.12. The number of halogens is 4. The molecule has 1 rings (SSSR count). The number of carbonyl (C=O) groups is 1. The topological polar surface area (TPSA) is 40.5 Å². The van der Waals surface area contributed by atoms with Crippen molar-refractivity contribution in [1.29, 1.82) is 0 Å². The predicted octanol–water partition coefficient (Wildman–Crippen LogP) is 3.60. The Kier molecular flexibility index (Phi) is 4.71. The highest BCUT2D eigenvalue weighted by atomic mass is 35.5. The van der Waals surface area contributed by atoms with Crippen molar-refractivity contribution in [2.75, 3.05) is 0 Å². The lowest BCUT2D eigenvalue weighted by molar-refractivity contribution is -0.142. The number of benzene rings is 1. The monoisotopic (exact) mass is 301 g/mol. The molecule has 0 fully saturated rings. The summed E-state index contributed by atoms with van der Waals surface area (Å²) in [5, 5.41) is 7.91. The first-order valence-corrected chi connectivity index (χ1v) is 5.63. The average molecular weight is 303 g/mol. The van der Waals surface area contributed by atoms with Crippen LogP contribution in [0.5, 0.6) is 0 Å². The summed E-state index contributed by atoms with van der Waals surface area (Å²) in [6, 6.07) is 8.44. The first-order chi connectivity index (χ1) is 7.40. The number of carboxylic acid groups (broad SMARTS) is 1. The Morgan fingerprint density at radius 1 is 1.31 bits per heavy atom. The van der Waals surface area contributed by atoms with E-state index in [4.69, 9.17) is 51.9 Å². The molecule has 1 N–H and O–H groups in total. The van der Waals surface area contributed by atoms with Crippen LogP contribution in [0, 0.1) is 0 Å². The molecule has 0 radical (unpaired) electrons. The predicted molar refractivity (Wildman–Crippen MR) is 64.8 cm³/mol. The van der Waals surface area contributed by atoms with Crippen LogP contribution in [-0.2, 0) is 4.79 Å². The molecule has 0 spiro atoms. The maximum atomic E-state index is 11.1. The SMILES string of the molecule is O=C(O)C(Cl)(C(Cl)c1ccccc1)N(Cl)Cl. The summed E-state index contributed by atoms with van der Waals surface area (Å²) in [4.78, 5) is 8.93. The van der Waals surface area contributed by atoms with Crippen molar-refractivity contribution in [2.24, 2.45) is 0 Å². The van der Waals surface area contributed by atoms with E-state index in [9.17, 15) is 4.79 Å². The van der Waals surface area contributed by atoms with E-state index in [1.165, 1.54) is 0 Å². The van der Waals surface area contributed by atoms with Gasteiger partial charge in [-0.3, -0.25) is 0 Å². The molecule has 1 aromatic carbocycles. The molecule has 2 atom stereocenters. The van der Waals surface area contributed by atoms with Crippen molar-refractivity contribution in [1.82, 2.24) is 3.94 Å². The maximum Gasteiger partial charge on any atom is 0.344 e. The molecule has 0 aliphatic rings. The van der Waals surface area contributed by atoms with Crippen LogP contribution in [0.3, 0.4) is 0 Å². The van der Waals surface area contributed by atoms with Gasteiger partial charge in [0, 0.05) is 0 Å². The summed E-state index contributed by atoms with van der Waals surface area (Å²) in [7, 11) is 0. The molecule has 7 heteroatoms. The molecule has 0 aliphatic heterocycles. The first kappa shape index (κ1) is 13.9. The Morgan fingerprint density at radius 3 is 2.19 bits per heavy atom. The largest absolute Gasteiger partial charge is 0.479 e. The van der Waals surface area contributed by atoms with Gasteiger partial charge in [0.15, 0.2) is 0 Å². The van der Waals surface area contributed by atoms with Crippen LogP contribution in [0.25, 0.3) is 0 Å². The molecule has 88 valence electrons. The molecular weight excluding hydrogens is 296 g/mol. The third-order valence-electron chi connectivity index (χ3n) is 1.97. The van der Waals surface area contributed by atoms with Gasteiger partial charge in [-0.15, -0.1) is 11.6 Å². The van der Waals surface area contributed by atoms with Crippen LogP contribution in [0.4, 0.5) is 0 Å². The Bertz CT molecular complexity index is 373. The summed E-state index contributed by atoms with van der Waals surface area (Å²) in [6.45, 7) is 0. The average Bonchev–Trinajstić information content (AvgIpc) is 2.27. The fourth-order valence-electron chi connectivity index (χ4n) is 1.11. The molecule has 0 saturated heterocycles. The fraction of sp³-hybridized carbons (Fsp3) is 0.222. The summed E-state index contributed by atoms with van der Waals surface area (Å²) in [6.07, 6.45) is 0. The second-order valence-corrected chi connectivity index (χ2v) is 4.85. The van der Waals surface area contributed by atoms with E-state index in [0.29, 0.717) is 9.50 Å². The summed E-state index contributed by atoms with van der Waals surface area (Å²) in [5.74, 6) is -1.43. The molecule has 2 unspecified atom stereocenters. The highest BCUT2D eigenvalue weighted by Gasteiger charge is 2.49. The van der Waals surface area contributed by atoms with E-state index in [-0.39, 0.29) is 0 Å². The number of nitrogens with zero attached hydrogens (tertiary/aromatic N) is 1. The summed E-state index contributed by atoms with van der Waals surface area (Å²) < 4.78 is 0.335. The number of alkyl halides is 2. The Morgan fingerprint density at radius 2 is 1.81 bits per heavy atom. The lowest BCUT2D eigenvalue weighted by atomic mass is 10.1. The molecule has 16 heavy (non-hydrogen) atoms. The highest BCUT2D eigenvalue weighted by Crippen LogP contribution is 2.42. The van der Waals surface area contributed by atoms with Gasteiger partial charge in [0.2, 0.25) is 5.00 Å². The molecule has 0 aromatic heterocycles. The van der Waals surface area contributed by atoms with Crippen LogP contribution < -0.4 is 0 Å². The van der Waals surface area contributed by atoms with E-state index < -0.39 is 16.3 Å². The molecule has 0 heterocycles. The molecule has 0 saturated carbocycles. The number of carboxylic acids is 1. The minimum Gasteiger partial charge on any atom is -0.479 e. The number of hydrogen-bond acceptors (Lipinski definition) is 2. The smallest absolute Gasteiger partial charge is 0.344 e. The number of aliphatic carboxylic acids is 1. The van der Waals surface area contributed by atoms with Gasteiger partial charge in [-0.1, -0.05) is 45.9 Å². The van der Waals surface area contributed by atoms with Gasteiger partial charge in [-0.05, 0) is 29.1 Å². The van der Waals surface area contributed by atoms with Crippen molar-refractivity contribution in [3.05, 3.63) is 35.9 Å². The molecule has 0 bridgehead atoms. The standard InChI is InChI=1S/C9H7Cl4NO2/c10-7(6-4-2-1-3-5-6)9(11,8(15)16)14(12)13/h1-5,7H,(H,15,16). The van der Waals surface area contributed by atoms with Gasteiger partial charge in [0.1, 0.15) is 5.38 Å². The van der Waals surface area contributed by atoms with Gasteiger partial charge in [0.05, 0.1) is 0 Å². The number of hydrogen-bond donors (Lipinski definition) is 1. The third-order valence-corrected chi connectivity index (χ3v) is 3.91. The summed E-state index contributed by atoms with van der Waals surface area (Å²) in [5.41, 5.74) is 0.507. The van der Waals surface area contributed by atoms with Gasteiger partial charge >= 0.3 is 5.97 Å². The first-order valence-electron chi connectivity index (χ1n) is 4.13. The molecule has 1 aromatic rings. The Hall–Kier alpha value is -0.190. The van der Waals surface area contributed by atoms with E-state index in [2.05, 4.69) is 0 Å². The minimum absolute atomic E-state index is 0.335. The zero-order chi connectivity index (χ0) is 12.3. The zero-order valence-electron chi connectivity index (χ0n) is 7.78. The molecule has 0 aliphatic carbocycles. The van der Waals surface area contributed by atoms with Crippen LogP contribution in [0.1, 0.15) is 10.9 Å². The number of rotatable bonds is 4. The van der Waals surface area contributed by atoms with Crippen molar-refractivity contribution in [3.8, 4) is 0 Å². The van der Waals surface area contributed by atoms with Crippen LogP contribution in [-0.4, -0.2) is 20.0 Å². The lowest BCUT2D eigenvalue weighted by Crippen LogP contribution is -2.44. The Labute approximate surface area is 113 Å². The summed E-state index contributed by atoms with van der Waals surface area (Å²) >= 11 is 22.7. The highest BCUT2D eigenvalue weighted by molar-refractivity contribution is 6.47. The zero-order valence-corrected chi connectivity index (χ0v) is 10.8. The van der Waals surface area contributed by atoms with Crippen molar-refractivity contribution < 1.29 is 9.90 Å². The fourth-order valence-corrected chi connectivity index (χ4v) is 2.01. The second-order valence-electron chi connectivity index (χ2n) is 2.98. The third kappa shape index (κ3) is 2.55. The van der Waals surface area contributed by atoms with Gasteiger partial charge in [-0.2, -0.15) is 0 Å². The van der Waals surface area contributed by atoms with Gasteiger partial charge in [-0.25, -0.2) is 4.79 Å². The maximum absolute atomic E-state index is 11.1.